The maximum absolute atomic E-state index is 12.5. The molecular formula is C27H36O4. The first-order valence-electron chi connectivity index (χ1n) is 11.4. The van der Waals surface area contributed by atoms with Crippen molar-refractivity contribution in [3.8, 4) is 11.1 Å². The molecule has 0 fully saturated rings. The summed E-state index contributed by atoms with van der Waals surface area (Å²) in [5, 5.41) is 0. The second kappa shape index (κ2) is 14.6. The van der Waals surface area contributed by atoms with Crippen molar-refractivity contribution in [2.24, 2.45) is 5.92 Å². The zero-order valence-corrected chi connectivity index (χ0v) is 19.0. The highest BCUT2D eigenvalue weighted by Gasteiger charge is 2.14. The second-order valence-corrected chi connectivity index (χ2v) is 7.93. The molecule has 0 N–H and O–H groups in total. The molecule has 0 radical (unpaired) electrons. The molecule has 0 bridgehead atoms. The van der Waals surface area contributed by atoms with Gasteiger partial charge >= 0.3 is 5.97 Å². The molecule has 2 rings (SSSR count). The van der Waals surface area contributed by atoms with Crippen LogP contribution in [0.3, 0.4) is 0 Å². The van der Waals surface area contributed by atoms with E-state index in [1.165, 1.54) is 0 Å². The molecule has 4 heteroatoms. The van der Waals surface area contributed by atoms with E-state index in [1.54, 1.807) is 6.08 Å². The van der Waals surface area contributed by atoms with Crippen LogP contribution in [0.5, 0.6) is 0 Å². The van der Waals surface area contributed by atoms with E-state index in [9.17, 15) is 4.79 Å². The lowest BCUT2D eigenvalue weighted by Gasteiger charge is -2.15. The largest absolute Gasteiger partial charge is 0.377 e. The molecule has 0 saturated heterocycles. The second-order valence-electron chi connectivity index (χ2n) is 7.93. The van der Waals surface area contributed by atoms with Gasteiger partial charge in [0.15, 0.2) is 0 Å². The van der Waals surface area contributed by atoms with E-state index in [4.69, 9.17) is 14.5 Å². The summed E-state index contributed by atoms with van der Waals surface area (Å²) in [6.07, 6.45) is 7.70. The van der Waals surface area contributed by atoms with Crippen molar-refractivity contribution in [3.63, 3.8) is 0 Å². The zero-order chi connectivity index (χ0) is 22.3. The van der Waals surface area contributed by atoms with Gasteiger partial charge in [-0.2, -0.15) is 4.89 Å². The van der Waals surface area contributed by atoms with Gasteiger partial charge in [-0.05, 0) is 54.0 Å². The Kier molecular flexibility index (Phi) is 11.7. The monoisotopic (exact) mass is 424 g/mol. The van der Waals surface area contributed by atoms with Crippen LogP contribution in [0.1, 0.15) is 61.9 Å². The summed E-state index contributed by atoms with van der Waals surface area (Å²) < 4.78 is 5.35. The van der Waals surface area contributed by atoms with E-state index >= 15 is 0 Å². The minimum atomic E-state index is -0.442. The number of unbranched alkanes of at least 4 members (excludes halogenated alkanes) is 3. The average Bonchev–Trinajstić information content (AvgIpc) is 2.80. The maximum Gasteiger partial charge on any atom is 0.373 e. The number of ether oxygens (including phenoxy) is 1. The minimum absolute atomic E-state index is 0.404. The van der Waals surface area contributed by atoms with Gasteiger partial charge in [0.2, 0.25) is 0 Å². The summed E-state index contributed by atoms with van der Waals surface area (Å²) in [7, 11) is 0. The van der Waals surface area contributed by atoms with Crippen molar-refractivity contribution in [1.82, 2.24) is 0 Å². The first kappa shape index (κ1) is 24.8. The summed E-state index contributed by atoms with van der Waals surface area (Å²) in [4.78, 5) is 22.7. The number of rotatable bonds is 15. The Bertz CT molecular complexity index is 785. The Morgan fingerprint density at radius 3 is 2.48 bits per heavy atom. The molecule has 0 heterocycles. The Morgan fingerprint density at radius 2 is 1.77 bits per heavy atom. The molecule has 0 amide bonds. The van der Waals surface area contributed by atoms with Gasteiger partial charge in [-0.25, -0.2) is 4.79 Å². The number of hydrogen-bond donors (Lipinski definition) is 0. The minimum Gasteiger partial charge on any atom is -0.377 e. The van der Waals surface area contributed by atoms with E-state index < -0.39 is 5.97 Å². The first-order chi connectivity index (χ1) is 15.2. The van der Waals surface area contributed by atoms with Gasteiger partial charge in [0.1, 0.15) is 0 Å². The van der Waals surface area contributed by atoms with Crippen LogP contribution >= 0.6 is 0 Å². The smallest absolute Gasteiger partial charge is 0.373 e. The quantitative estimate of drug-likeness (QED) is 0.137. The number of benzene rings is 2. The third kappa shape index (κ3) is 9.07. The van der Waals surface area contributed by atoms with Gasteiger partial charge < -0.3 is 4.74 Å². The van der Waals surface area contributed by atoms with E-state index in [0.717, 1.165) is 61.8 Å². The summed E-state index contributed by atoms with van der Waals surface area (Å²) in [6.45, 7) is 9.79. The molecule has 168 valence electrons. The fourth-order valence-electron chi connectivity index (χ4n) is 3.34. The highest BCUT2D eigenvalue weighted by atomic mass is 17.2. The molecule has 4 nitrogen and oxygen atoms in total. The third-order valence-electron chi connectivity index (χ3n) is 5.33. The van der Waals surface area contributed by atoms with Crippen LogP contribution in [0.4, 0.5) is 0 Å². The molecule has 2 aromatic carbocycles. The highest BCUT2D eigenvalue weighted by molar-refractivity contribution is 5.90. The summed E-state index contributed by atoms with van der Waals surface area (Å²) in [5.41, 5.74) is 4.01. The van der Waals surface area contributed by atoms with Crippen LogP contribution in [0.15, 0.2) is 61.2 Å². The fraction of sp³-hybridized carbons (Fsp3) is 0.444. The van der Waals surface area contributed by atoms with E-state index in [1.807, 2.05) is 36.4 Å². The highest BCUT2D eigenvalue weighted by Crippen LogP contribution is 2.27. The lowest BCUT2D eigenvalue weighted by atomic mass is 9.90. The molecule has 2 aromatic rings. The molecule has 0 aliphatic rings. The van der Waals surface area contributed by atoms with Crippen molar-refractivity contribution < 1.29 is 19.3 Å². The zero-order valence-electron chi connectivity index (χ0n) is 19.0. The number of carbonyl (C=O) groups is 1. The van der Waals surface area contributed by atoms with Gasteiger partial charge in [0.05, 0.1) is 18.8 Å². The van der Waals surface area contributed by atoms with Crippen molar-refractivity contribution >= 4 is 5.97 Å². The van der Waals surface area contributed by atoms with Crippen molar-refractivity contribution in [2.75, 3.05) is 19.8 Å². The fourth-order valence-corrected chi connectivity index (χ4v) is 3.34. The molecule has 0 spiro atoms. The van der Waals surface area contributed by atoms with Crippen LogP contribution in [-0.2, 0) is 20.9 Å². The SMILES string of the molecule is C=CCOCCCCCCOOC(=O)c1ccc(-c2ccccc2)c(CC(C)CC)c1. The van der Waals surface area contributed by atoms with Crippen LogP contribution in [0.25, 0.3) is 11.1 Å². The Morgan fingerprint density at radius 1 is 1.03 bits per heavy atom. The Hall–Kier alpha value is -2.43. The van der Waals surface area contributed by atoms with Crippen molar-refractivity contribution in [3.05, 3.63) is 72.3 Å². The molecular weight excluding hydrogens is 388 g/mol. The molecule has 1 atom stereocenters. The molecule has 0 aromatic heterocycles. The Balaban J connectivity index is 1.85. The van der Waals surface area contributed by atoms with E-state index in [0.29, 0.717) is 24.7 Å². The van der Waals surface area contributed by atoms with Crippen molar-refractivity contribution in [1.29, 1.82) is 0 Å². The summed E-state index contributed by atoms with van der Waals surface area (Å²) >= 11 is 0. The van der Waals surface area contributed by atoms with Gasteiger partial charge in [0, 0.05) is 6.61 Å². The van der Waals surface area contributed by atoms with Crippen LogP contribution in [0, 0.1) is 5.92 Å². The topological polar surface area (TPSA) is 44.8 Å². The molecule has 0 saturated carbocycles. The van der Waals surface area contributed by atoms with E-state index in [2.05, 4.69) is 32.6 Å². The average molecular weight is 425 g/mol. The number of carbonyl (C=O) groups excluding carboxylic acids is 1. The van der Waals surface area contributed by atoms with Gasteiger partial charge in [-0.1, -0.05) is 75.6 Å². The molecule has 1 unspecified atom stereocenters. The standard InChI is InChI=1S/C27H36O4/c1-4-17-29-18-11-6-7-12-19-30-31-27(28)24-15-16-26(23-13-9-8-10-14-23)25(21-24)20-22(3)5-2/h4,8-10,13-16,21-22H,1,5-7,11-12,17-20H2,2-3H3. The van der Waals surface area contributed by atoms with E-state index in [-0.39, 0.29) is 0 Å². The Labute approximate surface area is 187 Å². The van der Waals surface area contributed by atoms with Crippen LogP contribution < -0.4 is 0 Å². The predicted molar refractivity (Wildman–Crippen MR) is 126 cm³/mol. The number of hydrogen-bond acceptors (Lipinski definition) is 4. The third-order valence-corrected chi connectivity index (χ3v) is 5.33. The molecule has 31 heavy (non-hydrogen) atoms. The molecule has 0 aliphatic carbocycles. The van der Waals surface area contributed by atoms with Crippen molar-refractivity contribution in [2.45, 2.75) is 52.4 Å². The van der Waals surface area contributed by atoms with Crippen LogP contribution in [0.2, 0.25) is 0 Å². The lowest BCUT2D eigenvalue weighted by molar-refractivity contribution is -0.241. The van der Waals surface area contributed by atoms with Gasteiger partial charge in [-0.15, -0.1) is 6.58 Å². The normalized spacial score (nSPS) is 11.8. The predicted octanol–water partition coefficient (Wildman–Crippen LogP) is 6.79. The summed E-state index contributed by atoms with van der Waals surface area (Å²) in [6, 6.07) is 16.1. The maximum atomic E-state index is 12.5. The van der Waals surface area contributed by atoms with Gasteiger partial charge in [-0.3, -0.25) is 4.89 Å². The first-order valence-corrected chi connectivity index (χ1v) is 11.4. The van der Waals surface area contributed by atoms with Crippen LogP contribution in [-0.4, -0.2) is 25.8 Å². The lowest BCUT2D eigenvalue weighted by Crippen LogP contribution is -2.09. The van der Waals surface area contributed by atoms with Gasteiger partial charge in [0.25, 0.3) is 0 Å². The summed E-state index contributed by atoms with van der Waals surface area (Å²) in [5.74, 6) is 0.0926. The molecule has 0 aliphatic heterocycles.